The average Bonchev–Trinajstić information content (AvgIpc) is 2.69. The number of carboxylic acids is 1. The van der Waals surface area contributed by atoms with Gasteiger partial charge < -0.3 is 20.1 Å². The molecule has 9 heteroatoms. The van der Waals surface area contributed by atoms with E-state index in [1.54, 1.807) is 12.0 Å². The fraction of sp³-hybridized carbons (Fsp3) is 0.550. The second kappa shape index (κ2) is 13.4. The van der Waals surface area contributed by atoms with Gasteiger partial charge in [0.2, 0.25) is 5.91 Å². The van der Waals surface area contributed by atoms with Crippen LogP contribution in [0.25, 0.3) is 0 Å². The number of carbonyl (C=O) groups excluding carboxylic acids is 2. The van der Waals surface area contributed by atoms with Gasteiger partial charge >= 0.3 is 5.97 Å². The van der Waals surface area contributed by atoms with Crippen LogP contribution in [0.5, 0.6) is 0 Å². The molecule has 1 atom stereocenters. The summed E-state index contributed by atoms with van der Waals surface area (Å²) in [6.07, 6.45) is 2.52. The van der Waals surface area contributed by atoms with Gasteiger partial charge in [0.05, 0.1) is 16.7 Å². The monoisotopic (exact) mass is 446 g/mol. The van der Waals surface area contributed by atoms with Crippen LogP contribution in [0.2, 0.25) is 10.0 Å². The van der Waals surface area contributed by atoms with Crippen LogP contribution in [0.1, 0.15) is 49.4 Å². The quantitative estimate of drug-likeness (QED) is 0.451. The second-order valence-corrected chi connectivity index (χ2v) is 7.43. The van der Waals surface area contributed by atoms with Crippen molar-refractivity contribution in [2.45, 2.75) is 45.1 Å². The molecule has 0 spiro atoms. The molecular formula is C20H28Cl2N2O5. The van der Waals surface area contributed by atoms with Crippen molar-refractivity contribution in [1.29, 1.82) is 0 Å². The van der Waals surface area contributed by atoms with Crippen molar-refractivity contribution < 1.29 is 24.2 Å². The normalized spacial score (nSPS) is 11.7. The Morgan fingerprint density at radius 1 is 1.17 bits per heavy atom. The van der Waals surface area contributed by atoms with Crippen LogP contribution in [0, 0.1) is 0 Å². The first-order chi connectivity index (χ1) is 13.8. The van der Waals surface area contributed by atoms with Gasteiger partial charge in [0.25, 0.3) is 5.91 Å². The zero-order valence-corrected chi connectivity index (χ0v) is 18.3. The minimum absolute atomic E-state index is 0.0154. The summed E-state index contributed by atoms with van der Waals surface area (Å²) in [5.74, 6) is -1.89. The van der Waals surface area contributed by atoms with Gasteiger partial charge in [-0.15, -0.1) is 0 Å². The Balaban J connectivity index is 2.96. The van der Waals surface area contributed by atoms with E-state index < -0.39 is 17.9 Å². The van der Waals surface area contributed by atoms with Crippen molar-refractivity contribution >= 4 is 41.0 Å². The maximum atomic E-state index is 13.1. The van der Waals surface area contributed by atoms with E-state index in [9.17, 15) is 14.4 Å². The number of nitrogens with zero attached hydrogens (tertiary/aromatic N) is 1. The molecule has 2 amide bonds. The van der Waals surface area contributed by atoms with E-state index in [0.717, 1.165) is 19.3 Å². The number of rotatable bonds is 13. The van der Waals surface area contributed by atoms with Gasteiger partial charge in [-0.25, -0.2) is 0 Å². The number of aliphatic carboxylic acids is 1. The minimum Gasteiger partial charge on any atom is -0.481 e. The number of methoxy groups -OCH3 is 1. The van der Waals surface area contributed by atoms with Gasteiger partial charge in [-0.1, -0.05) is 43.0 Å². The number of ether oxygens (including phenoxy) is 1. The molecule has 0 aromatic heterocycles. The van der Waals surface area contributed by atoms with E-state index in [-0.39, 0.29) is 29.3 Å². The first-order valence-corrected chi connectivity index (χ1v) is 10.3. The van der Waals surface area contributed by atoms with Crippen molar-refractivity contribution in [1.82, 2.24) is 10.2 Å². The lowest BCUT2D eigenvalue weighted by Crippen LogP contribution is -2.50. The highest BCUT2D eigenvalue weighted by Gasteiger charge is 2.27. The van der Waals surface area contributed by atoms with Crippen LogP contribution in [0.3, 0.4) is 0 Å². The van der Waals surface area contributed by atoms with Crippen molar-refractivity contribution in [2.75, 3.05) is 26.8 Å². The highest BCUT2D eigenvalue weighted by Crippen LogP contribution is 2.22. The third-order valence-corrected chi connectivity index (χ3v) is 5.08. The van der Waals surface area contributed by atoms with E-state index in [0.29, 0.717) is 24.7 Å². The van der Waals surface area contributed by atoms with Gasteiger partial charge in [0.1, 0.15) is 6.04 Å². The molecule has 1 unspecified atom stereocenters. The number of hydrogen-bond acceptors (Lipinski definition) is 4. The molecule has 162 valence electrons. The molecule has 1 aromatic rings. The number of halogens is 2. The summed E-state index contributed by atoms with van der Waals surface area (Å²) < 4.78 is 5.08. The zero-order valence-electron chi connectivity index (χ0n) is 16.7. The molecule has 0 saturated carbocycles. The predicted octanol–water partition coefficient (Wildman–Crippen LogP) is 3.62. The number of hydrogen-bond donors (Lipinski definition) is 2. The van der Waals surface area contributed by atoms with Crippen molar-refractivity contribution in [3.05, 3.63) is 33.8 Å². The highest BCUT2D eigenvalue weighted by molar-refractivity contribution is 6.42. The van der Waals surface area contributed by atoms with E-state index in [1.165, 1.54) is 18.2 Å². The zero-order chi connectivity index (χ0) is 21.8. The maximum Gasteiger partial charge on any atom is 0.303 e. The van der Waals surface area contributed by atoms with Crippen molar-refractivity contribution in [3.63, 3.8) is 0 Å². The lowest BCUT2D eigenvalue weighted by molar-refractivity contribution is -0.138. The van der Waals surface area contributed by atoms with Crippen LogP contribution in [0.4, 0.5) is 0 Å². The molecule has 7 nitrogen and oxygen atoms in total. The van der Waals surface area contributed by atoms with Crippen LogP contribution < -0.4 is 5.32 Å². The molecule has 0 bridgehead atoms. The molecule has 0 fully saturated rings. The summed E-state index contributed by atoms with van der Waals surface area (Å²) in [6, 6.07) is 3.42. The summed E-state index contributed by atoms with van der Waals surface area (Å²) in [5, 5.41) is 12.2. The average molecular weight is 447 g/mol. The van der Waals surface area contributed by atoms with Gasteiger partial charge in [0, 0.05) is 32.2 Å². The molecule has 0 aliphatic carbocycles. The fourth-order valence-corrected chi connectivity index (χ4v) is 3.01. The van der Waals surface area contributed by atoms with Gasteiger partial charge in [-0.3, -0.25) is 14.4 Å². The van der Waals surface area contributed by atoms with E-state index in [2.05, 4.69) is 12.2 Å². The third kappa shape index (κ3) is 9.02. The molecule has 0 heterocycles. The van der Waals surface area contributed by atoms with Gasteiger partial charge in [-0.05, 0) is 31.0 Å². The number of unbranched alkanes of at least 4 members (excludes halogenated alkanes) is 2. The number of carboxylic acid groups (broad SMARTS) is 1. The Morgan fingerprint density at radius 3 is 2.48 bits per heavy atom. The first kappa shape index (κ1) is 25.2. The summed E-state index contributed by atoms with van der Waals surface area (Å²) in [5.41, 5.74) is 0.238. The summed E-state index contributed by atoms with van der Waals surface area (Å²) in [7, 11) is 1.54. The smallest absolute Gasteiger partial charge is 0.303 e. The molecule has 1 rings (SSSR count). The maximum absolute atomic E-state index is 13.1. The number of nitrogens with one attached hydrogen (secondary N) is 1. The largest absolute Gasteiger partial charge is 0.481 e. The van der Waals surface area contributed by atoms with Crippen LogP contribution in [0.15, 0.2) is 18.2 Å². The van der Waals surface area contributed by atoms with Crippen LogP contribution in [-0.2, 0) is 14.3 Å². The fourth-order valence-electron chi connectivity index (χ4n) is 2.71. The summed E-state index contributed by atoms with van der Waals surface area (Å²) in [4.78, 5) is 38.3. The van der Waals surface area contributed by atoms with E-state index >= 15 is 0 Å². The molecule has 1 aromatic carbocycles. The lowest BCUT2D eigenvalue weighted by Gasteiger charge is -2.28. The van der Waals surface area contributed by atoms with Gasteiger partial charge in [0.15, 0.2) is 0 Å². The number of carbonyl (C=O) groups is 3. The molecule has 0 radical (unpaired) electrons. The molecule has 2 N–H and O–H groups in total. The Morgan fingerprint density at radius 2 is 1.90 bits per heavy atom. The molecule has 0 saturated heterocycles. The van der Waals surface area contributed by atoms with Gasteiger partial charge in [-0.2, -0.15) is 0 Å². The number of benzene rings is 1. The molecule has 29 heavy (non-hydrogen) atoms. The minimum atomic E-state index is -1.04. The second-order valence-electron chi connectivity index (χ2n) is 6.61. The molecular weight excluding hydrogens is 419 g/mol. The third-order valence-electron chi connectivity index (χ3n) is 4.34. The number of amides is 2. The lowest BCUT2D eigenvalue weighted by atomic mass is 10.1. The van der Waals surface area contributed by atoms with Crippen molar-refractivity contribution in [2.24, 2.45) is 0 Å². The summed E-state index contributed by atoms with van der Waals surface area (Å²) >= 11 is 11.8. The Hall–Kier alpha value is -1.83. The Labute approximate surface area is 181 Å². The highest BCUT2D eigenvalue weighted by atomic mass is 35.5. The SMILES string of the molecule is CCCCCN(CCOC)C(=O)C(CCC(=O)O)NC(=O)c1ccc(Cl)c(Cl)c1. The molecule has 0 aliphatic rings. The molecule has 0 aliphatic heterocycles. The Kier molecular flexibility index (Phi) is 11.7. The summed E-state index contributed by atoms with van der Waals surface area (Å²) in [6.45, 7) is 3.30. The first-order valence-electron chi connectivity index (χ1n) is 9.55. The topological polar surface area (TPSA) is 95.9 Å². The van der Waals surface area contributed by atoms with E-state index in [4.69, 9.17) is 33.0 Å². The standard InChI is InChI=1S/C20H28Cl2N2O5/c1-3-4-5-10-24(11-12-29-2)20(28)17(8-9-18(25)26)23-19(27)14-6-7-15(21)16(22)13-14/h6-7,13,17H,3-5,8-12H2,1-2H3,(H,23,27)(H,25,26). The predicted molar refractivity (Wildman–Crippen MR) is 113 cm³/mol. The van der Waals surface area contributed by atoms with Crippen molar-refractivity contribution in [3.8, 4) is 0 Å². The van der Waals surface area contributed by atoms with Crippen LogP contribution in [-0.4, -0.2) is 60.6 Å². The van der Waals surface area contributed by atoms with Crippen LogP contribution >= 0.6 is 23.2 Å². The Bertz CT molecular complexity index is 699. The van der Waals surface area contributed by atoms with E-state index in [1.807, 2.05) is 0 Å².